The van der Waals surface area contributed by atoms with Crippen LogP contribution in [0, 0.1) is 43.3 Å². The number of hydrogen-bond donors (Lipinski definition) is 4. The first kappa shape index (κ1) is 57.3. The van der Waals surface area contributed by atoms with E-state index in [4.69, 9.17) is 28.5 Å². The highest BCUT2D eigenvalue weighted by molar-refractivity contribution is 6.31. The van der Waals surface area contributed by atoms with Gasteiger partial charge in [0, 0.05) is 112 Å². The van der Waals surface area contributed by atoms with Gasteiger partial charge in [-0.1, -0.05) is 51.1 Å². The number of anilines is 1. The Kier molecular flexibility index (Phi) is 16.8. The van der Waals surface area contributed by atoms with Gasteiger partial charge < -0.3 is 58.6 Å². The number of aliphatic hydroxyl groups is 2. The minimum atomic E-state index is -1.90. The van der Waals surface area contributed by atoms with E-state index in [1.54, 1.807) is 52.8 Å². The van der Waals surface area contributed by atoms with E-state index in [9.17, 15) is 39.3 Å². The summed E-state index contributed by atoms with van der Waals surface area (Å²) in [4.78, 5) is 78.3. The molecule has 20 heteroatoms. The third kappa shape index (κ3) is 10.8. The van der Waals surface area contributed by atoms with Gasteiger partial charge in [0.1, 0.15) is 29.9 Å². The SMILES string of the molecule is COc1c(N2CCN(CCO/N=C3\c4c5c(C)c(O)c6c4C(=O)C=C(NC(=O)/C(C)=C\C=C\[C@H](C)[C@H](O)[C@@H](C)[C@@H](O)[C@@H](C)[C@H](OC(C)=O)[C@H](C)[C@@H](OC)/C=C/O[C@@]3(C)O5)C6=O)C(C)C2)c(F)cc2c(=O)c(C)cn(C3CC3)c12. The van der Waals surface area contributed by atoms with Gasteiger partial charge in [0.15, 0.2) is 28.5 Å². The third-order valence-electron chi connectivity index (χ3n) is 16.1. The van der Waals surface area contributed by atoms with E-state index < -0.39 is 94.4 Å². The Hall–Kier alpha value is -6.87. The molecule has 1 saturated heterocycles. The van der Waals surface area contributed by atoms with Gasteiger partial charge in [0.25, 0.3) is 11.7 Å². The van der Waals surface area contributed by atoms with Crippen LogP contribution in [-0.2, 0) is 28.6 Å². The quantitative estimate of drug-likeness (QED) is 0.102. The fourth-order valence-corrected chi connectivity index (χ4v) is 11.3. The summed E-state index contributed by atoms with van der Waals surface area (Å²) in [6, 6.07) is 1.39. The summed E-state index contributed by atoms with van der Waals surface area (Å²) in [6.45, 7) is 18.1. The van der Waals surface area contributed by atoms with E-state index in [1.165, 1.54) is 60.3 Å². The first-order valence-electron chi connectivity index (χ1n) is 26.5. The zero-order valence-corrected chi connectivity index (χ0v) is 46.3. The monoisotopic (exact) mass is 1080 g/mol. The van der Waals surface area contributed by atoms with Crippen molar-refractivity contribution in [2.75, 3.05) is 51.9 Å². The van der Waals surface area contributed by atoms with E-state index in [1.807, 2.05) is 22.6 Å². The first-order chi connectivity index (χ1) is 36.9. The molecule has 1 unspecified atom stereocenters. The molecule has 4 aliphatic heterocycles. The second-order valence-electron chi connectivity index (χ2n) is 21.6. The number of nitrogens with zero attached hydrogens (tertiary/aromatic N) is 4. The zero-order valence-electron chi connectivity index (χ0n) is 46.3. The molecule has 6 aliphatic rings. The molecular weight excluding hydrogens is 1010 g/mol. The molecule has 1 amide bonds. The van der Waals surface area contributed by atoms with Gasteiger partial charge in [-0.15, -0.1) is 0 Å². The number of aliphatic hydroxyl groups excluding tert-OH is 2. The highest BCUT2D eigenvalue weighted by Crippen LogP contribution is 2.49. The molecule has 0 spiro atoms. The van der Waals surface area contributed by atoms with Crippen LogP contribution in [-0.4, -0.2) is 137 Å². The summed E-state index contributed by atoms with van der Waals surface area (Å²) in [5.41, 5.74) is 0.284. The van der Waals surface area contributed by atoms with Crippen molar-refractivity contribution in [2.24, 2.45) is 28.8 Å². The number of phenols is 1. The van der Waals surface area contributed by atoms with Crippen LogP contribution in [0.1, 0.15) is 112 Å². The van der Waals surface area contributed by atoms with Gasteiger partial charge in [0.05, 0.1) is 65.0 Å². The number of carbonyl (C=O) groups excluding carboxylic acids is 4. The van der Waals surface area contributed by atoms with Crippen molar-refractivity contribution >= 4 is 45.7 Å². The Morgan fingerprint density at radius 2 is 1.68 bits per heavy atom. The molecule has 3 aromatic rings. The summed E-state index contributed by atoms with van der Waals surface area (Å²) in [6.07, 6.45) is 8.24. The van der Waals surface area contributed by atoms with E-state index in [0.717, 1.165) is 18.9 Å². The van der Waals surface area contributed by atoms with Crippen molar-refractivity contribution in [3.63, 3.8) is 0 Å². The highest BCUT2D eigenvalue weighted by Gasteiger charge is 2.51. The molecule has 4 N–H and O–H groups in total. The summed E-state index contributed by atoms with van der Waals surface area (Å²) in [7, 11) is 2.94. The molecule has 2 aromatic carbocycles. The predicted molar refractivity (Wildman–Crippen MR) is 288 cm³/mol. The Morgan fingerprint density at radius 3 is 2.33 bits per heavy atom. The van der Waals surface area contributed by atoms with Crippen molar-refractivity contribution in [2.45, 2.75) is 124 Å². The number of aromatic nitrogens is 1. The topological polar surface area (TPSA) is 237 Å². The lowest BCUT2D eigenvalue weighted by molar-refractivity contribution is -0.160. The number of carbonyl (C=O) groups is 4. The van der Waals surface area contributed by atoms with E-state index in [2.05, 4.69) is 15.4 Å². The van der Waals surface area contributed by atoms with Gasteiger partial charge >= 0.3 is 5.97 Å². The van der Waals surface area contributed by atoms with Crippen molar-refractivity contribution in [3.8, 4) is 17.2 Å². The van der Waals surface area contributed by atoms with Gasteiger partial charge in [0.2, 0.25) is 5.78 Å². The fraction of sp³-hybridized carbons (Fsp3) is 0.517. The molecule has 10 atom stereocenters. The minimum absolute atomic E-state index is 0.000563. The van der Waals surface area contributed by atoms with Crippen LogP contribution in [0.2, 0.25) is 0 Å². The molecular formula is C58H72FN5O14. The lowest BCUT2D eigenvalue weighted by Gasteiger charge is -2.41. The standard InChI is InChI=1S/C58H72FN5O14/c1-28-14-13-15-29(2)57(72)60-40-25-41(66)43-44(52(40)71)51(70)35(8)54-45(43)56(58(10,78-54)75-22-18-42(73-11)32(5)53(77-36(9)65)34(7)50(69)33(6)48(28)67)61-76-23-21-62-19-20-63(27-31(62)4)47-39(59)24-38-46(55(47)74-12)64(37-16-17-37)26-30(3)49(38)68/h13-15,18,22,24-26,28,31-34,37,42,48,50,53,67,69-70H,16-17,19-21,23,27H2,1-12H3,(H,60,72)/b14-13+,22-18+,29-15-,61-56+/t28-,31?,32+,33+,34+,42-,48-,50+,53+,58-/m0/s1. The average molecular weight is 1080 g/mol. The second kappa shape index (κ2) is 22.8. The molecule has 2 aliphatic carbocycles. The fourth-order valence-electron chi connectivity index (χ4n) is 11.3. The molecule has 78 heavy (non-hydrogen) atoms. The van der Waals surface area contributed by atoms with Crippen molar-refractivity contribution in [1.82, 2.24) is 14.8 Å². The summed E-state index contributed by atoms with van der Waals surface area (Å²) in [5, 5.41) is 42.2. The zero-order chi connectivity index (χ0) is 56.8. The molecule has 19 nitrogen and oxygen atoms in total. The highest BCUT2D eigenvalue weighted by atomic mass is 19.1. The molecule has 5 bridgehead atoms. The number of Topliss-reactive ketones (excluding diaryl/α,β-unsaturated/α-hetero) is 1. The van der Waals surface area contributed by atoms with Crippen LogP contribution >= 0.6 is 0 Å². The molecule has 420 valence electrons. The number of ketones is 2. The lowest BCUT2D eigenvalue weighted by Crippen LogP contribution is -2.53. The number of oxime groups is 1. The number of pyridine rings is 1. The molecule has 2 fully saturated rings. The average Bonchev–Trinajstić information content (AvgIpc) is 4.29. The van der Waals surface area contributed by atoms with E-state index >= 15 is 4.39 Å². The smallest absolute Gasteiger partial charge is 0.302 e. The minimum Gasteiger partial charge on any atom is -0.507 e. The number of allylic oxidation sites excluding steroid dienone is 4. The Morgan fingerprint density at radius 1 is 0.962 bits per heavy atom. The van der Waals surface area contributed by atoms with Gasteiger partial charge in [-0.25, -0.2) is 4.39 Å². The van der Waals surface area contributed by atoms with E-state index in [-0.39, 0.29) is 74.6 Å². The number of fused-ring (bicyclic) bond motifs is 15. The van der Waals surface area contributed by atoms with E-state index in [0.29, 0.717) is 43.0 Å². The molecule has 1 saturated carbocycles. The number of nitrogens with one attached hydrogen (secondary N) is 1. The number of aryl methyl sites for hydroxylation is 1. The van der Waals surface area contributed by atoms with Crippen molar-refractivity contribution in [3.05, 3.63) is 104 Å². The van der Waals surface area contributed by atoms with Crippen LogP contribution in [0.5, 0.6) is 17.2 Å². The number of rotatable bonds is 9. The Labute approximate surface area is 452 Å². The van der Waals surface area contributed by atoms with Crippen LogP contribution in [0.25, 0.3) is 10.9 Å². The number of ether oxygens (including phenoxy) is 5. The molecule has 9 rings (SSSR count). The Bertz CT molecular complexity index is 3120. The normalized spacial score (nSPS) is 30.2. The third-order valence-corrected chi connectivity index (χ3v) is 16.1. The van der Waals surface area contributed by atoms with Crippen LogP contribution in [0.4, 0.5) is 10.1 Å². The number of esters is 1. The van der Waals surface area contributed by atoms with Crippen molar-refractivity contribution in [1.29, 1.82) is 0 Å². The van der Waals surface area contributed by atoms with Crippen LogP contribution < -0.4 is 25.1 Å². The summed E-state index contributed by atoms with van der Waals surface area (Å²) >= 11 is 0. The van der Waals surface area contributed by atoms with Gasteiger partial charge in [-0.2, -0.15) is 0 Å². The number of methoxy groups -OCH3 is 2. The molecule has 1 aromatic heterocycles. The summed E-state index contributed by atoms with van der Waals surface area (Å²) in [5.74, 6) is -8.22. The number of benzene rings is 2. The van der Waals surface area contributed by atoms with Gasteiger partial charge in [-0.05, 0) is 52.7 Å². The van der Waals surface area contributed by atoms with Crippen molar-refractivity contribution < 1.29 is 67.4 Å². The maximum absolute atomic E-state index is 16.2. The lowest BCUT2D eigenvalue weighted by atomic mass is 9.78. The number of piperazine rings is 1. The van der Waals surface area contributed by atoms with Crippen LogP contribution in [0.15, 0.2) is 70.1 Å². The Balaban J connectivity index is 1.12. The van der Waals surface area contributed by atoms with Gasteiger partial charge in [-0.3, -0.25) is 28.9 Å². The molecule has 0 radical (unpaired) electrons. The second-order valence-corrected chi connectivity index (χ2v) is 21.6. The maximum atomic E-state index is 16.2. The largest absolute Gasteiger partial charge is 0.507 e. The first-order valence-corrected chi connectivity index (χ1v) is 26.5. The summed E-state index contributed by atoms with van der Waals surface area (Å²) < 4.78 is 48.8. The number of amides is 1. The molecule has 5 heterocycles. The number of halogens is 1. The van der Waals surface area contributed by atoms with Crippen LogP contribution in [0.3, 0.4) is 0 Å². The predicted octanol–water partition coefficient (Wildman–Crippen LogP) is 6.48. The number of phenolic OH excluding ortho intramolecular Hbond substituents is 1. The number of hydrogen-bond acceptors (Lipinski definition) is 17. The number of aromatic hydroxyl groups is 1. The maximum Gasteiger partial charge on any atom is 0.302 e.